The molecule has 6 heteroatoms. The van der Waals surface area contributed by atoms with Crippen LogP contribution in [0, 0.1) is 12.7 Å². The van der Waals surface area contributed by atoms with Crippen molar-refractivity contribution in [2.45, 2.75) is 39.0 Å². The summed E-state index contributed by atoms with van der Waals surface area (Å²) in [7, 11) is 0. The van der Waals surface area contributed by atoms with Gasteiger partial charge in [-0.05, 0) is 56.5 Å². The first-order valence-electron chi connectivity index (χ1n) is 9.74. The van der Waals surface area contributed by atoms with E-state index in [4.69, 9.17) is 0 Å². The number of rotatable bonds is 3. The number of amides is 1. The van der Waals surface area contributed by atoms with E-state index in [0.29, 0.717) is 29.1 Å². The molecule has 0 saturated heterocycles. The Labute approximate surface area is 168 Å². The van der Waals surface area contributed by atoms with Gasteiger partial charge in [0.05, 0.1) is 11.8 Å². The number of carbonyl (C=O) groups excluding carboxylic acids is 2. The Bertz CT molecular complexity index is 1050. The highest BCUT2D eigenvalue weighted by atomic mass is 19.1. The predicted molar refractivity (Wildman–Crippen MR) is 107 cm³/mol. The molecule has 29 heavy (non-hydrogen) atoms. The summed E-state index contributed by atoms with van der Waals surface area (Å²) in [5, 5.41) is 6.22. The van der Waals surface area contributed by atoms with Gasteiger partial charge in [-0.1, -0.05) is 12.1 Å². The number of ketones is 1. The van der Waals surface area contributed by atoms with Crippen molar-refractivity contribution in [3.63, 3.8) is 0 Å². The first-order chi connectivity index (χ1) is 14.0. The molecule has 0 fully saturated rings. The van der Waals surface area contributed by atoms with Gasteiger partial charge < -0.3 is 5.32 Å². The van der Waals surface area contributed by atoms with Crippen molar-refractivity contribution in [2.24, 2.45) is 0 Å². The smallest absolute Gasteiger partial charge is 0.337 e. The van der Waals surface area contributed by atoms with Gasteiger partial charge in [-0.15, -0.1) is 0 Å². The normalized spacial score (nSPS) is 19.0. The molecule has 148 valence electrons. The van der Waals surface area contributed by atoms with Crippen LogP contribution < -0.4 is 15.6 Å². The average molecular weight is 392 g/mol. The Balaban J connectivity index is 1.79. The number of Topliss-reactive ketones (excluding diaryl/α,β-unsaturated/α-hetero) is 1. The number of anilines is 1. The summed E-state index contributed by atoms with van der Waals surface area (Å²) in [6.07, 6.45) is 3.74. The molecule has 2 aromatic rings. The Hall–Kier alpha value is -3.28. The minimum absolute atomic E-state index is 0.0355. The van der Waals surface area contributed by atoms with E-state index in [2.05, 4.69) is 15.6 Å². The lowest BCUT2D eigenvalue weighted by Crippen LogP contribution is -2.36. The topological polar surface area (TPSA) is 72.3 Å². The number of carbonyl (C=O) groups is 2. The summed E-state index contributed by atoms with van der Waals surface area (Å²) in [5.74, 6) is -0.532. The van der Waals surface area contributed by atoms with Gasteiger partial charge in [0, 0.05) is 34.9 Å². The van der Waals surface area contributed by atoms with E-state index in [1.54, 1.807) is 18.3 Å². The summed E-state index contributed by atoms with van der Waals surface area (Å²) < 4.78 is 13.5. The maximum absolute atomic E-state index is 13.5. The first-order valence-corrected chi connectivity index (χ1v) is 9.74. The Kier molecular flexibility index (Phi) is 5.01. The Morgan fingerprint density at radius 2 is 1.93 bits per heavy atom. The number of aromatic nitrogens is 1. The third kappa shape index (κ3) is 3.58. The van der Waals surface area contributed by atoms with Crippen molar-refractivity contribution in [3.8, 4) is 0 Å². The summed E-state index contributed by atoms with van der Waals surface area (Å²) >= 11 is 0. The monoisotopic (exact) mass is 392 g/mol. The number of hydrogen-bond acceptors (Lipinski definition) is 3. The van der Waals surface area contributed by atoms with E-state index in [9.17, 15) is 14.0 Å². The molecule has 5 nitrogen and oxygen atoms in total. The Morgan fingerprint density at radius 3 is 2.66 bits per heavy atom. The van der Waals surface area contributed by atoms with Crippen LogP contribution in [0.5, 0.6) is 0 Å². The van der Waals surface area contributed by atoms with Crippen LogP contribution >= 0.6 is 0 Å². The van der Waals surface area contributed by atoms with Crippen LogP contribution in [0.2, 0.25) is 0 Å². The van der Waals surface area contributed by atoms with Crippen LogP contribution in [-0.4, -0.2) is 11.7 Å². The largest absolute Gasteiger partial charge is 0.362 e. The van der Waals surface area contributed by atoms with E-state index in [1.807, 2.05) is 26.0 Å². The van der Waals surface area contributed by atoms with Crippen molar-refractivity contribution >= 4 is 17.5 Å². The van der Waals surface area contributed by atoms with E-state index in [-0.39, 0.29) is 17.5 Å². The third-order valence-corrected chi connectivity index (χ3v) is 5.53. The van der Waals surface area contributed by atoms with Gasteiger partial charge >= 0.3 is 5.91 Å². The van der Waals surface area contributed by atoms with Crippen molar-refractivity contribution in [1.29, 1.82) is 0 Å². The van der Waals surface area contributed by atoms with Gasteiger partial charge in [-0.3, -0.25) is 4.79 Å². The van der Waals surface area contributed by atoms with Gasteiger partial charge in [-0.2, -0.15) is 0 Å². The number of benzene rings is 1. The number of nitrogens with one attached hydrogen (secondary N) is 3. The molecular weight excluding hydrogens is 369 g/mol. The number of aromatic amines is 1. The number of pyridine rings is 1. The SMILES string of the molecule is CC1=C(C(=O)Nc2[nH+]cccc2C)C(c2ccc(F)cc2)C2=C(CCCC2=O)N1. The number of dihydropyridines is 1. The van der Waals surface area contributed by atoms with E-state index in [1.165, 1.54) is 12.1 Å². The minimum atomic E-state index is -0.524. The van der Waals surface area contributed by atoms with Crippen LogP contribution in [0.15, 0.2) is 65.1 Å². The molecule has 3 N–H and O–H groups in total. The minimum Gasteiger partial charge on any atom is -0.362 e. The zero-order valence-electron chi connectivity index (χ0n) is 16.4. The summed E-state index contributed by atoms with van der Waals surface area (Å²) in [6.45, 7) is 3.74. The molecule has 1 aliphatic carbocycles. The zero-order valence-corrected chi connectivity index (χ0v) is 16.4. The molecule has 2 heterocycles. The fraction of sp³-hybridized carbons (Fsp3) is 0.261. The highest BCUT2D eigenvalue weighted by molar-refractivity contribution is 6.09. The molecule has 1 amide bonds. The van der Waals surface area contributed by atoms with E-state index in [0.717, 1.165) is 29.7 Å². The van der Waals surface area contributed by atoms with Gasteiger partial charge in [0.1, 0.15) is 5.82 Å². The predicted octanol–water partition coefficient (Wildman–Crippen LogP) is 3.55. The van der Waals surface area contributed by atoms with Crippen LogP contribution in [0.3, 0.4) is 0 Å². The molecule has 2 aliphatic rings. The Morgan fingerprint density at radius 1 is 1.17 bits per heavy atom. The van der Waals surface area contributed by atoms with Crippen molar-refractivity contribution in [2.75, 3.05) is 5.32 Å². The maximum Gasteiger partial charge on any atom is 0.337 e. The molecule has 1 aliphatic heterocycles. The number of H-pyrrole nitrogens is 1. The van der Waals surface area contributed by atoms with Gasteiger partial charge in [0.2, 0.25) is 0 Å². The standard InChI is InChI=1S/C23H22FN3O2/c1-13-5-4-12-25-22(13)27-23(29)19-14(2)26-17-6-3-7-18(28)21(17)20(19)15-8-10-16(24)11-9-15/h4-5,8-12,20,26H,3,6-7H2,1-2H3,(H,25,27,29)/p+1. The molecular formula is C23H23FN3O2+. The first kappa shape index (κ1) is 19.1. The average Bonchev–Trinajstić information content (AvgIpc) is 2.69. The molecule has 1 aromatic carbocycles. The number of halogens is 1. The highest BCUT2D eigenvalue weighted by Gasteiger charge is 2.39. The lowest BCUT2D eigenvalue weighted by atomic mass is 9.75. The second kappa shape index (κ2) is 7.62. The quantitative estimate of drug-likeness (QED) is 0.839. The molecule has 0 radical (unpaired) electrons. The van der Waals surface area contributed by atoms with Crippen LogP contribution in [0.4, 0.5) is 10.2 Å². The second-order valence-electron chi connectivity index (χ2n) is 7.50. The molecule has 0 bridgehead atoms. The lowest BCUT2D eigenvalue weighted by molar-refractivity contribution is -0.361. The van der Waals surface area contributed by atoms with E-state index >= 15 is 0 Å². The lowest BCUT2D eigenvalue weighted by Gasteiger charge is -2.33. The van der Waals surface area contributed by atoms with Crippen molar-refractivity contribution < 1.29 is 19.0 Å². The van der Waals surface area contributed by atoms with Crippen molar-refractivity contribution in [1.82, 2.24) is 5.32 Å². The van der Waals surface area contributed by atoms with Crippen LogP contribution in [-0.2, 0) is 9.59 Å². The van der Waals surface area contributed by atoms with Gasteiger partial charge in [0.15, 0.2) is 5.78 Å². The number of allylic oxidation sites excluding steroid dienone is 3. The molecule has 0 spiro atoms. The third-order valence-electron chi connectivity index (χ3n) is 5.53. The van der Waals surface area contributed by atoms with Crippen LogP contribution in [0.1, 0.15) is 43.2 Å². The zero-order chi connectivity index (χ0) is 20.5. The molecule has 0 saturated carbocycles. The highest BCUT2D eigenvalue weighted by Crippen LogP contribution is 2.42. The van der Waals surface area contributed by atoms with Crippen molar-refractivity contribution in [3.05, 3.63) is 82.1 Å². The molecule has 4 rings (SSSR count). The molecule has 1 atom stereocenters. The maximum atomic E-state index is 13.5. The fourth-order valence-electron chi connectivity index (χ4n) is 4.11. The van der Waals surface area contributed by atoms with Gasteiger partial charge in [-0.25, -0.2) is 19.5 Å². The summed E-state index contributed by atoms with van der Waals surface area (Å²) in [6, 6.07) is 9.79. The molecule has 1 unspecified atom stereocenters. The number of aryl methyl sites for hydroxylation is 1. The number of hydrogen-bond donors (Lipinski definition) is 2. The second-order valence-corrected chi connectivity index (χ2v) is 7.50. The van der Waals surface area contributed by atoms with E-state index < -0.39 is 5.92 Å². The summed E-state index contributed by atoms with van der Waals surface area (Å²) in [5.41, 5.74) is 4.30. The van der Waals surface area contributed by atoms with Gasteiger partial charge in [0.25, 0.3) is 5.82 Å². The fourth-order valence-corrected chi connectivity index (χ4v) is 4.11. The molecule has 1 aromatic heterocycles. The van der Waals surface area contributed by atoms with Crippen LogP contribution in [0.25, 0.3) is 0 Å². The summed E-state index contributed by atoms with van der Waals surface area (Å²) in [4.78, 5) is 29.2.